The Balaban J connectivity index is 1.80. The molecule has 160 valence electrons. The fraction of sp³-hybridized carbons (Fsp3) is 0.417. The van der Waals surface area contributed by atoms with Crippen molar-refractivity contribution in [3.05, 3.63) is 51.9 Å². The topological polar surface area (TPSA) is 64.6 Å². The summed E-state index contributed by atoms with van der Waals surface area (Å²) in [6, 6.07) is 7.61. The number of nitrogens with one attached hydrogen (secondary N) is 1. The van der Waals surface area contributed by atoms with Gasteiger partial charge in [0.1, 0.15) is 10.8 Å². The van der Waals surface area contributed by atoms with Crippen LogP contribution >= 0.6 is 11.3 Å². The zero-order valence-corrected chi connectivity index (χ0v) is 18.6. The highest BCUT2D eigenvalue weighted by molar-refractivity contribution is 7.17. The third-order valence-electron chi connectivity index (χ3n) is 5.02. The Labute approximate surface area is 182 Å². The van der Waals surface area contributed by atoms with Gasteiger partial charge in [-0.3, -0.25) is 4.79 Å². The van der Waals surface area contributed by atoms with E-state index in [0.717, 1.165) is 42.6 Å². The normalized spacial score (nSPS) is 15.6. The summed E-state index contributed by atoms with van der Waals surface area (Å²) in [7, 11) is 0. The van der Waals surface area contributed by atoms with Gasteiger partial charge in [-0.2, -0.15) is 0 Å². The molecule has 0 saturated carbocycles. The molecule has 1 aliphatic carbocycles. The Bertz CT molecular complexity index is 931. The number of amides is 1. The Hall–Kier alpha value is -2.60. The van der Waals surface area contributed by atoms with Crippen molar-refractivity contribution in [3.63, 3.8) is 0 Å². The van der Waals surface area contributed by atoms with Crippen LogP contribution in [0.25, 0.3) is 6.08 Å². The van der Waals surface area contributed by atoms with Gasteiger partial charge in [0.15, 0.2) is 0 Å². The summed E-state index contributed by atoms with van der Waals surface area (Å²) >= 11 is 1.49. The molecule has 0 aliphatic heterocycles. The van der Waals surface area contributed by atoms with Crippen LogP contribution in [0.2, 0.25) is 0 Å². The molecule has 0 spiro atoms. The SMILES string of the molecule is CCCOc1ccccc1C=CC(=O)Nc1sc2c(c1C(=O)OCC)CCC(C)C2. The van der Waals surface area contributed by atoms with E-state index in [9.17, 15) is 9.59 Å². The van der Waals surface area contributed by atoms with Crippen LogP contribution in [-0.4, -0.2) is 25.1 Å². The summed E-state index contributed by atoms with van der Waals surface area (Å²) in [4.78, 5) is 26.4. The summed E-state index contributed by atoms with van der Waals surface area (Å²) in [5.41, 5.74) is 2.40. The van der Waals surface area contributed by atoms with Gasteiger partial charge in [0, 0.05) is 16.5 Å². The van der Waals surface area contributed by atoms with Crippen LogP contribution in [0.15, 0.2) is 30.3 Å². The lowest BCUT2D eigenvalue weighted by Gasteiger charge is -2.18. The molecule has 3 rings (SSSR count). The van der Waals surface area contributed by atoms with E-state index in [-0.39, 0.29) is 11.9 Å². The molecule has 1 heterocycles. The number of rotatable bonds is 8. The van der Waals surface area contributed by atoms with Crippen molar-refractivity contribution < 1.29 is 19.1 Å². The Morgan fingerprint density at radius 1 is 1.27 bits per heavy atom. The van der Waals surface area contributed by atoms with Crippen molar-refractivity contribution >= 4 is 34.3 Å². The van der Waals surface area contributed by atoms with Crippen LogP contribution < -0.4 is 10.1 Å². The van der Waals surface area contributed by atoms with Crippen LogP contribution in [0.5, 0.6) is 5.75 Å². The van der Waals surface area contributed by atoms with Crippen molar-refractivity contribution in [2.75, 3.05) is 18.5 Å². The molecule has 0 fully saturated rings. The lowest BCUT2D eigenvalue weighted by Crippen LogP contribution is -2.15. The van der Waals surface area contributed by atoms with E-state index in [4.69, 9.17) is 9.47 Å². The number of hydrogen-bond donors (Lipinski definition) is 1. The number of carbonyl (C=O) groups excluding carboxylic acids is 2. The van der Waals surface area contributed by atoms with E-state index in [1.807, 2.05) is 24.3 Å². The molecule has 0 radical (unpaired) electrons. The van der Waals surface area contributed by atoms with Gasteiger partial charge in [-0.15, -0.1) is 11.3 Å². The summed E-state index contributed by atoms with van der Waals surface area (Å²) in [6.07, 6.45) is 6.94. The molecule has 1 aromatic carbocycles. The van der Waals surface area contributed by atoms with Crippen molar-refractivity contribution in [1.29, 1.82) is 0 Å². The fourth-order valence-electron chi connectivity index (χ4n) is 3.54. The van der Waals surface area contributed by atoms with Gasteiger partial charge in [0.25, 0.3) is 0 Å². The highest BCUT2D eigenvalue weighted by atomic mass is 32.1. The van der Waals surface area contributed by atoms with Crippen molar-refractivity contribution in [2.24, 2.45) is 5.92 Å². The van der Waals surface area contributed by atoms with E-state index >= 15 is 0 Å². The van der Waals surface area contributed by atoms with Crippen LogP contribution in [0.4, 0.5) is 5.00 Å². The molecular formula is C24H29NO4S. The molecule has 1 atom stereocenters. The molecule has 2 aromatic rings. The zero-order chi connectivity index (χ0) is 21.5. The highest BCUT2D eigenvalue weighted by Crippen LogP contribution is 2.40. The number of benzene rings is 1. The lowest BCUT2D eigenvalue weighted by molar-refractivity contribution is -0.111. The first-order valence-electron chi connectivity index (χ1n) is 10.6. The number of carbonyl (C=O) groups is 2. The van der Waals surface area contributed by atoms with Gasteiger partial charge < -0.3 is 14.8 Å². The summed E-state index contributed by atoms with van der Waals surface area (Å²) < 4.78 is 11.0. The number of para-hydroxylation sites is 1. The molecule has 6 heteroatoms. The summed E-state index contributed by atoms with van der Waals surface area (Å²) in [5.74, 6) is 0.685. The molecule has 30 heavy (non-hydrogen) atoms. The average molecular weight is 428 g/mol. The maximum atomic E-state index is 12.6. The molecule has 1 unspecified atom stereocenters. The van der Waals surface area contributed by atoms with Gasteiger partial charge in [-0.05, 0) is 56.2 Å². The first-order valence-corrected chi connectivity index (χ1v) is 11.4. The molecule has 5 nitrogen and oxygen atoms in total. The molecule has 0 bridgehead atoms. The Morgan fingerprint density at radius 3 is 2.83 bits per heavy atom. The largest absolute Gasteiger partial charge is 0.493 e. The maximum absolute atomic E-state index is 12.6. The molecule has 0 saturated heterocycles. The minimum Gasteiger partial charge on any atom is -0.493 e. The smallest absolute Gasteiger partial charge is 0.341 e. The number of anilines is 1. The molecule has 1 amide bonds. The fourth-order valence-corrected chi connectivity index (χ4v) is 4.94. The van der Waals surface area contributed by atoms with Crippen LogP contribution in [-0.2, 0) is 22.4 Å². The van der Waals surface area contributed by atoms with E-state index in [1.54, 1.807) is 13.0 Å². The third kappa shape index (κ3) is 5.30. The third-order valence-corrected chi connectivity index (χ3v) is 6.19. The molecule has 1 N–H and O–H groups in total. The van der Waals surface area contributed by atoms with E-state index in [1.165, 1.54) is 22.3 Å². The number of fused-ring (bicyclic) bond motifs is 1. The average Bonchev–Trinajstić information content (AvgIpc) is 3.08. The quantitative estimate of drug-likeness (QED) is 0.447. The standard InChI is InChI=1S/C24H29NO4S/c1-4-14-29-19-9-7-6-8-17(19)11-13-21(26)25-23-22(24(27)28-5-2)18-12-10-16(3)15-20(18)30-23/h6-9,11,13,16H,4-5,10,12,14-15H2,1-3H3,(H,25,26). The Kier molecular flexibility index (Phi) is 7.69. The first kappa shape index (κ1) is 22.1. The van der Waals surface area contributed by atoms with Crippen LogP contribution in [0.3, 0.4) is 0 Å². The summed E-state index contributed by atoms with van der Waals surface area (Å²) in [6.45, 7) is 6.98. The van der Waals surface area contributed by atoms with Crippen molar-refractivity contribution in [1.82, 2.24) is 0 Å². The van der Waals surface area contributed by atoms with Crippen molar-refractivity contribution in [2.45, 2.75) is 46.5 Å². The van der Waals surface area contributed by atoms with Crippen molar-refractivity contribution in [3.8, 4) is 5.75 Å². The maximum Gasteiger partial charge on any atom is 0.341 e. The predicted octanol–water partition coefficient (Wildman–Crippen LogP) is 5.49. The van der Waals surface area contributed by atoms with Crippen LogP contribution in [0, 0.1) is 5.92 Å². The Morgan fingerprint density at radius 2 is 2.07 bits per heavy atom. The highest BCUT2D eigenvalue weighted by Gasteiger charge is 2.28. The minimum atomic E-state index is -0.359. The first-order chi connectivity index (χ1) is 14.5. The second-order valence-electron chi connectivity index (χ2n) is 7.49. The van der Waals surface area contributed by atoms with E-state index < -0.39 is 0 Å². The zero-order valence-electron chi connectivity index (χ0n) is 17.8. The number of thiophene rings is 1. The summed E-state index contributed by atoms with van der Waals surface area (Å²) in [5, 5.41) is 3.49. The van der Waals surface area contributed by atoms with Crippen LogP contribution in [0.1, 0.15) is 60.0 Å². The van der Waals surface area contributed by atoms with Gasteiger partial charge in [0.05, 0.1) is 18.8 Å². The second kappa shape index (κ2) is 10.4. The molecule has 1 aliphatic rings. The van der Waals surface area contributed by atoms with Gasteiger partial charge in [-0.1, -0.05) is 32.0 Å². The van der Waals surface area contributed by atoms with Gasteiger partial charge in [-0.25, -0.2) is 4.79 Å². The van der Waals surface area contributed by atoms with Gasteiger partial charge in [0.2, 0.25) is 5.91 Å². The van der Waals surface area contributed by atoms with E-state index in [0.29, 0.717) is 29.7 Å². The van der Waals surface area contributed by atoms with Gasteiger partial charge >= 0.3 is 5.97 Å². The van der Waals surface area contributed by atoms with E-state index in [2.05, 4.69) is 19.2 Å². The second-order valence-corrected chi connectivity index (χ2v) is 8.59. The number of ether oxygens (including phenoxy) is 2. The number of esters is 1. The number of hydrogen-bond acceptors (Lipinski definition) is 5. The molecular weight excluding hydrogens is 398 g/mol. The lowest BCUT2D eigenvalue weighted by atomic mass is 9.88. The minimum absolute atomic E-state index is 0.280. The predicted molar refractivity (Wildman–Crippen MR) is 121 cm³/mol. The monoisotopic (exact) mass is 427 g/mol. The molecule has 1 aromatic heterocycles.